The maximum atomic E-state index is 6.23. The second-order valence-corrected chi connectivity index (χ2v) is 6.17. The zero-order chi connectivity index (χ0) is 12.6. The summed E-state index contributed by atoms with van der Waals surface area (Å²) >= 11 is 0. The van der Waals surface area contributed by atoms with Crippen LogP contribution >= 0.6 is 0 Å². The van der Waals surface area contributed by atoms with E-state index in [-0.39, 0.29) is 5.60 Å². The molecule has 0 N–H and O–H groups in total. The normalized spacial score (nSPS) is 29.2. The molecule has 94 valence electrons. The van der Waals surface area contributed by atoms with Gasteiger partial charge in [0.1, 0.15) is 0 Å². The van der Waals surface area contributed by atoms with Crippen LogP contribution in [0.4, 0.5) is 0 Å². The Labute approximate surface area is 105 Å². The van der Waals surface area contributed by atoms with Gasteiger partial charge in [0.15, 0.2) is 0 Å². The number of hydrogen-bond acceptors (Lipinski definition) is 1. The van der Waals surface area contributed by atoms with Gasteiger partial charge in [-0.05, 0) is 44.2 Å². The van der Waals surface area contributed by atoms with Gasteiger partial charge in [0.05, 0.1) is 11.7 Å². The summed E-state index contributed by atoms with van der Waals surface area (Å²) in [5.41, 5.74) is 2.85. The molecule has 0 bridgehead atoms. The van der Waals surface area contributed by atoms with Gasteiger partial charge >= 0.3 is 0 Å². The minimum Gasteiger partial charge on any atom is -0.371 e. The maximum Gasteiger partial charge on any atom is 0.0674 e. The standard InChI is InChI=1S/C16H24O/c1-11-8-6-7-9-14(11)13(3)15-12(2)10-16(4,5)17-15/h6-9,12-13,15H,10H2,1-5H3/t12-,13-,15-/m1/s1. The Bertz CT molecular complexity index is 394. The topological polar surface area (TPSA) is 9.23 Å². The summed E-state index contributed by atoms with van der Waals surface area (Å²) in [5, 5.41) is 0. The average Bonchev–Trinajstić information content (AvgIpc) is 2.52. The van der Waals surface area contributed by atoms with Gasteiger partial charge < -0.3 is 4.74 Å². The van der Waals surface area contributed by atoms with Crippen LogP contribution < -0.4 is 0 Å². The summed E-state index contributed by atoms with van der Waals surface area (Å²) < 4.78 is 6.23. The van der Waals surface area contributed by atoms with Crippen molar-refractivity contribution in [3.05, 3.63) is 35.4 Å². The molecule has 3 atom stereocenters. The second-order valence-electron chi connectivity index (χ2n) is 6.17. The highest BCUT2D eigenvalue weighted by Crippen LogP contribution is 2.41. The fourth-order valence-electron chi connectivity index (χ4n) is 3.29. The highest BCUT2D eigenvalue weighted by atomic mass is 16.5. The first-order chi connectivity index (χ1) is 7.91. The lowest BCUT2D eigenvalue weighted by Crippen LogP contribution is -2.25. The molecule has 2 rings (SSSR count). The summed E-state index contributed by atoms with van der Waals surface area (Å²) in [4.78, 5) is 0. The molecule has 0 radical (unpaired) electrons. The number of ether oxygens (including phenoxy) is 1. The van der Waals surface area contributed by atoms with Gasteiger partial charge in [-0.1, -0.05) is 38.1 Å². The van der Waals surface area contributed by atoms with Crippen molar-refractivity contribution in [3.63, 3.8) is 0 Å². The van der Waals surface area contributed by atoms with Crippen molar-refractivity contribution in [2.75, 3.05) is 0 Å². The van der Waals surface area contributed by atoms with Crippen molar-refractivity contribution < 1.29 is 4.74 Å². The van der Waals surface area contributed by atoms with Crippen molar-refractivity contribution >= 4 is 0 Å². The third-order valence-corrected chi connectivity index (χ3v) is 4.00. The predicted octanol–water partition coefficient (Wildman–Crippen LogP) is 4.30. The van der Waals surface area contributed by atoms with E-state index in [2.05, 4.69) is 58.9 Å². The van der Waals surface area contributed by atoms with E-state index >= 15 is 0 Å². The van der Waals surface area contributed by atoms with E-state index in [1.165, 1.54) is 11.1 Å². The number of benzene rings is 1. The number of hydrogen-bond donors (Lipinski definition) is 0. The van der Waals surface area contributed by atoms with Crippen LogP contribution in [0.2, 0.25) is 0 Å². The molecule has 1 aliphatic rings. The van der Waals surface area contributed by atoms with Gasteiger partial charge in [-0.3, -0.25) is 0 Å². The molecule has 0 spiro atoms. The predicted molar refractivity (Wildman–Crippen MR) is 72.3 cm³/mol. The van der Waals surface area contributed by atoms with Gasteiger partial charge in [0.25, 0.3) is 0 Å². The third-order valence-electron chi connectivity index (χ3n) is 4.00. The van der Waals surface area contributed by atoms with Gasteiger partial charge in [-0.25, -0.2) is 0 Å². The molecule has 1 aromatic carbocycles. The molecular formula is C16H24O. The first-order valence-corrected chi connectivity index (χ1v) is 6.64. The van der Waals surface area contributed by atoms with Crippen LogP contribution in [-0.2, 0) is 4.74 Å². The number of rotatable bonds is 2. The highest BCUT2D eigenvalue weighted by Gasteiger charge is 2.40. The minimum absolute atomic E-state index is 0.0427. The SMILES string of the molecule is Cc1ccccc1[C@@H](C)[C@@H]1OC(C)(C)C[C@H]1C. The van der Waals surface area contributed by atoms with Crippen LogP contribution in [0.25, 0.3) is 0 Å². The first-order valence-electron chi connectivity index (χ1n) is 6.64. The van der Waals surface area contributed by atoms with E-state index in [4.69, 9.17) is 4.74 Å². The molecule has 1 aliphatic heterocycles. The Morgan fingerprint density at radius 1 is 1.29 bits per heavy atom. The summed E-state index contributed by atoms with van der Waals surface area (Å²) in [5.74, 6) is 1.12. The third kappa shape index (κ3) is 2.55. The van der Waals surface area contributed by atoms with Gasteiger partial charge in [0.2, 0.25) is 0 Å². The Kier molecular flexibility index (Phi) is 3.31. The van der Waals surface area contributed by atoms with Crippen LogP contribution in [0.15, 0.2) is 24.3 Å². The van der Waals surface area contributed by atoms with Crippen LogP contribution in [0, 0.1) is 12.8 Å². The molecular weight excluding hydrogens is 208 g/mol. The Balaban J connectivity index is 2.22. The first kappa shape index (κ1) is 12.6. The molecule has 1 heterocycles. The summed E-state index contributed by atoms with van der Waals surface area (Å²) in [6.07, 6.45) is 1.51. The molecule has 0 aliphatic carbocycles. The fourth-order valence-corrected chi connectivity index (χ4v) is 3.29. The highest BCUT2D eigenvalue weighted by molar-refractivity contribution is 5.30. The van der Waals surface area contributed by atoms with Crippen LogP contribution in [0.5, 0.6) is 0 Å². The van der Waals surface area contributed by atoms with Gasteiger partial charge in [0, 0.05) is 5.92 Å². The van der Waals surface area contributed by atoms with Crippen molar-refractivity contribution in [2.45, 2.75) is 58.7 Å². The molecule has 0 unspecified atom stereocenters. The largest absolute Gasteiger partial charge is 0.371 e. The molecule has 1 nitrogen and oxygen atoms in total. The van der Waals surface area contributed by atoms with E-state index in [0.717, 1.165) is 6.42 Å². The second kappa shape index (κ2) is 4.45. The van der Waals surface area contributed by atoms with E-state index in [0.29, 0.717) is 17.9 Å². The molecule has 0 saturated carbocycles. The molecule has 0 amide bonds. The lowest BCUT2D eigenvalue weighted by atomic mass is 9.85. The van der Waals surface area contributed by atoms with Crippen molar-refractivity contribution in [1.29, 1.82) is 0 Å². The Morgan fingerprint density at radius 2 is 1.94 bits per heavy atom. The fraction of sp³-hybridized carbons (Fsp3) is 0.625. The van der Waals surface area contributed by atoms with E-state index in [1.807, 2.05) is 0 Å². The minimum atomic E-state index is 0.0427. The molecule has 1 fully saturated rings. The molecule has 1 aromatic rings. The van der Waals surface area contributed by atoms with Crippen LogP contribution in [-0.4, -0.2) is 11.7 Å². The summed E-state index contributed by atoms with van der Waals surface area (Å²) in [6, 6.07) is 8.66. The van der Waals surface area contributed by atoms with Crippen LogP contribution in [0.3, 0.4) is 0 Å². The molecule has 1 heteroatoms. The Hall–Kier alpha value is -0.820. The summed E-state index contributed by atoms with van der Waals surface area (Å²) in [7, 11) is 0. The number of aryl methyl sites for hydroxylation is 1. The Morgan fingerprint density at radius 3 is 2.47 bits per heavy atom. The monoisotopic (exact) mass is 232 g/mol. The smallest absolute Gasteiger partial charge is 0.0674 e. The van der Waals surface area contributed by atoms with Gasteiger partial charge in [-0.15, -0.1) is 0 Å². The van der Waals surface area contributed by atoms with Crippen LogP contribution in [0.1, 0.15) is 51.2 Å². The maximum absolute atomic E-state index is 6.23. The zero-order valence-corrected chi connectivity index (χ0v) is 11.7. The quantitative estimate of drug-likeness (QED) is 0.738. The van der Waals surface area contributed by atoms with Crippen molar-refractivity contribution in [1.82, 2.24) is 0 Å². The van der Waals surface area contributed by atoms with E-state index in [9.17, 15) is 0 Å². The average molecular weight is 232 g/mol. The zero-order valence-electron chi connectivity index (χ0n) is 11.7. The van der Waals surface area contributed by atoms with E-state index < -0.39 is 0 Å². The molecule has 1 saturated heterocycles. The van der Waals surface area contributed by atoms with Crippen molar-refractivity contribution in [2.24, 2.45) is 5.92 Å². The van der Waals surface area contributed by atoms with Crippen molar-refractivity contribution in [3.8, 4) is 0 Å². The summed E-state index contributed by atoms with van der Waals surface area (Å²) in [6.45, 7) is 11.2. The van der Waals surface area contributed by atoms with Gasteiger partial charge in [-0.2, -0.15) is 0 Å². The lowest BCUT2D eigenvalue weighted by Gasteiger charge is -2.26. The molecule has 0 aromatic heterocycles. The lowest BCUT2D eigenvalue weighted by molar-refractivity contribution is -0.0297. The van der Waals surface area contributed by atoms with E-state index in [1.54, 1.807) is 0 Å². The molecule has 17 heavy (non-hydrogen) atoms.